The molecule has 1 spiro atoms. The van der Waals surface area contributed by atoms with Crippen LogP contribution >= 0.6 is 24.8 Å². The Bertz CT molecular complexity index is 717. The summed E-state index contributed by atoms with van der Waals surface area (Å²) in [5.74, 6) is -0.294. The Hall–Kier alpha value is -1.54. The first kappa shape index (κ1) is 24.7. The SMILES string of the molecule is COC(=O)c1ccc(N2CCN(CC3CC4(CCNCC4)C(=O)O3)CC2)cc1.Cl.Cl. The number of hydrogen-bond acceptors (Lipinski definition) is 7. The number of rotatable bonds is 4. The standard InChI is InChI=1S/C21H29N3O4.2ClH/c1-27-19(25)16-2-4-17(5-3-16)24-12-10-23(11-13-24)15-18-14-21(20(26)28-18)6-8-22-9-7-21;;/h2-5,18,22H,6-15H2,1H3;2*1H. The molecular formula is C21H31Cl2N3O4. The van der Waals surface area contributed by atoms with E-state index in [0.29, 0.717) is 5.56 Å². The Kier molecular flexibility index (Phi) is 8.79. The Labute approximate surface area is 190 Å². The number of methoxy groups -OCH3 is 1. The van der Waals surface area contributed by atoms with Crippen LogP contribution in [0.2, 0.25) is 0 Å². The van der Waals surface area contributed by atoms with E-state index < -0.39 is 0 Å². The van der Waals surface area contributed by atoms with Crippen molar-refractivity contribution in [3.05, 3.63) is 29.8 Å². The number of carbonyl (C=O) groups excluding carboxylic acids is 2. The summed E-state index contributed by atoms with van der Waals surface area (Å²) in [6, 6.07) is 7.57. The Morgan fingerprint density at radius 3 is 2.37 bits per heavy atom. The van der Waals surface area contributed by atoms with Crippen LogP contribution in [0.3, 0.4) is 0 Å². The third-order valence-electron chi connectivity index (χ3n) is 6.37. The maximum Gasteiger partial charge on any atom is 0.337 e. The van der Waals surface area contributed by atoms with Crippen LogP contribution in [-0.2, 0) is 14.3 Å². The topological polar surface area (TPSA) is 71.1 Å². The van der Waals surface area contributed by atoms with E-state index in [9.17, 15) is 9.59 Å². The third kappa shape index (κ3) is 5.19. The molecule has 1 aromatic rings. The number of piperidine rings is 1. The van der Waals surface area contributed by atoms with E-state index in [4.69, 9.17) is 9.47 Å². The van der Waals surface area contributed by atoms with Crippen molar-refractivity contribution in [2.75, 3.05) is 57.8 Å². The summed E-state index contributed by atoms with van der Waals surface area (Å²) < 4.78 is 10.5. The van der Waals surface area contributed by atoms with E-state index in [-0.39, 0.29) is 48.3 Å². The minimum Gasteiger partial charge on any atom is -0.465 e. The second kappa shape index (κ2) is 10.7. The molecule has 0 aliphatic carbocycles. The van der Waals surface area contributed by atoms with Crippen molar-refractivity contribution >= 4 is 42.4 Å². The molecule has 0 amide bonds. The van der Waals surface area contributed by atoms with Crippen LogP contribution in [0.1, 0.15) is 29.6 Å². The Morgan fingerprint density at radius 2 is 1.77 bits per heavy atom. The number of ether oxygens (including phenoxy) is 2. The van der Waals surface area contributed by atoms with Crippen molar-refractivity contribution in [1.29, 1.82) is 0 Å². The van der Waals surface area contributed by atoms with Gasteiger partial charge in [-0.3, -0.25) is 9.69 Å². The summed E-state index contributed by atoms with van der Waals surface area (Å²) in [4.78, 5) is 28.7. The second-order valence-electron chi connectivity index (χ2n) is 8.09. The van der Waals surface area contributed by atoms with Gasteiger partial charge >= 0.3 is 11.9 Å². The number of nitrogens with zero attached hydrogens (tertiary/aromatic N) is 2. The highest BCUT2D eigenvalue weighted by molar-refractivity contribution is 5.89. The predicted octanol–water partition coefficient (Wildman–Crippen LogP) is 2.12. The van der Waals surface area contributed by atoms with E-state index in [1.807, 2.05) is 24.3 Å². The lowest BCUT2D eigenvalue weighted by Gasteiger charge is -2.37. The minimum absolute atomic E-state index is 0. The molecule has 3 aliphatic rings. The molecule has 1 N–H and O–H groups in total. The average molecular weight is 460 g/mol. The highest BCUT2D eigenvalue weighted by atomic mass is 35.5. The normalized spacial score (nSPS) is 23.3. The zero-order valence-corrected chi connectivity index (χ0v) is 18.9. The molecule has 1 atom stereocenters. The number of cyclic esters (lactones) is 1. The molecule has 168 valence electrons. The van der Waals surface area contributed by atoms with Gasteiger partial charge in [0.1, 0.15) is 6.10 Å². The molecule has 9 heteroatoms. The number of benzene rings is 1. The first-order chi connectivity index (χ1) is 13.6. The summed E-state index contributed by atoms with van der Waals surface area (Å²) in [6.45, 7) is 6.39. The molecule has 3 fully saturated rings. The summed E-state index contributed by atoms with van der Waals surface area (Å²) in [5.41, 5.74) is 1.45. The van der Waals surface area contributed by atoms with Crippen LogP contribution in [0.25, 0.3) is 0 Å². The van der Waals surface area contributed by atoms with Crippen LogP contribution in [0.4, 0.5) is 5.69 Å². The minimum atomic E-state index is -0.311. The lowest BCUT2D eigenvalue weighted by Crippen LogP contribution is -2.48. The maximum absolute atomic E-state index is 12.4. The van der Waals surface area contributed by atoms with Gasteiger partial charge in [0.15, 0.2) is 0 Å². The number of halogens is 2. The number of piperazine rings is 1. The van der Waals surface area contributed by atoms with Gasteiger partial charge in [0, 0.05) is 44.8 Å². The van der Waals surface area contributed by atoms with Crippen molar-refractivity contribution < 1.29 is 19.1 Å². The first-order valence-electron chi connectivity index (χ1n) is 10.2. The fourth-order valence-corrected chi connectivity index (χ4v) is 4.66. The Morgan fingerprint density at radius 1 is 1.13 bits per heavy atom. The summed E-state index contributed by atoms with van der Waals surface area (Å²) >= 11 is 0. The van der Waals surface area contributed by atoms with Gasteiger partial charge in [0.2, 0.25) is 0 Å². The number of esters is 2. The van der Waals surface area contributed by atoms with Gasteiger partial charge in [0.05, 0.1) is 18.1 Å². The molecule has 0 aromatic heterocycles. The lowest BCUT2D eigenvalue weighted by molar-refractivity contribution is -0.150. The van der Waals surface area contributed by atoms with Gasteiger partial charge < -0.3 is 19.7 Å². The van der Waals surface area contributed by atoms with E-state index in [0.717, 1.165) is 70.8 Å². The largest absolute Gasteiger partial charge is 0.465 e. The number of carbonyl (C=O) groups is 2. The summed E-state index contributed by atoms with van der Waals surface area (Å²) in [5, 5.41) is 3.34. The van der Waals surface area contributed by atoms with E-state index in [1.165, 1.54) is 7.11 Å². The molecule has 3 saturated heterocycles. The van der Waals surface area contributed by atoms with Crippen molar-refractivity contribution in [1.82, 2.24) is 10.2 Å². The molecule has 1 aromatic carbocycles. The third-order valence-corrected chi connectivity index (χ3v) is 6.37. The first-order valence-corrected chi connectivity index (χ1v) is 10.2. The second-order valence-corrected chi connectivity index (χ2v) is 8.09. The van der Waals surface area contributed by atoms with Gasteiger partial charge in [-0.1, -0.05) is 0 Å². The molecule has 0 saturated carbocycles. The van der Waals surface area contributed by atoms with Crippen molar-refractivity contribution in [3.8, 4) is 0 Å². The molecule has 30 heavy (non-hydrogen) atoms. The molecule has 0 radical (unpaired) electrons. The highest BCUT2D eigenvalue weighted by Crippen LogP contribution is 2.41. The number of anilines is 1. The fraction of sp³-hybridized carbons (Fsp3) is 0.619. The van der Waals surface area contributed by atoms with Gasteiger partial charge in [-0.15, -0.1) is 24.8 Å². The van der Waals surface area contributed by atoms with E-state index in [2.05, 4.69) is 15.1 Å². The maximum atomic E-state index is 12.4. The van der Waals surface area contributed by atoms with E-state index in [1.54, 1.807) is 0 Å². The van der Waals surface area contributed by atoms with Gasteiger partial charge in [-0.05, 0) is 50.2 Å². The molecule has 3 heterocycles. The highest BCUT2D eigenvalue weighted by Gasteiger charge is 2.49. The zero-order chi connectivity index (χ0) is 19.6. The van der Waals surface area contributed by atoms with Crippen molar-refractivity contribution in [2.45, 2.75) is 25.4 Å². The number of hydrogen-bond donors (Lipinski definition) is 1. The fourth-order valence-electron chi connectivity index (χ4n) is 4.66. The van der Waals surface area contributed by atoms with Gasteiger partial charge in [-0.2, -0.15) is 0 Å². The Balaban J connectivity index is 0.00000160. The average Bonchev–Trinajstić information content (AvgIpc) is 3.02. The molecule has 1 unspecified atom stereocenters. The predicted molar refractivity (Wildman–Crippen MR) is 120 cm³/mol. The van der Waals surface area contributed by atoms with Crippen LogP contribution in [0.5, 0.6) is 0 Å². The quantitative estimate of drug-likeness (QED) is 0.691. The molecule has 0 bridgehead atoms. The van der Waals surface area contributed by atoms with Crippen LogP contribution in [-0.4, -0.2) is 75.9 Å². The van der Waals surface area contributed by atoms with Gasteiger partial charge in [-0.25, -0.2) is 4.79 Å². The molecule has 7 nitrogen and oxygen atoms in total. The monoisotopic (exact) mass is 459 g/mol. The van der Waals surface area contributed by atoms with Crippen LogP contribution in [0.15, 0.2) is 24.3 Å². The number of nitrogens with one attached hydrogen (secondary N) is 1. The lowest BCUT2D eigenvalue weighted by atomic mass is 9.76. The van der Waals surface area contributed by atoms with Crippen molar-refractivity contribution in [2.24, 2.45) is 5.41 Å². The van der Waals surface area contributed by atoms with Crippen LogP contribution in [0, 0.1) is 5.41 Å². The summed E-state index contributed by atoms with van der Waals surface area (Å²) in [7, 11) is 1.39. The van der Waals surface area contributed by atoms with Crippen LogP contribution < -0.4 is 10.2 Å². The summed E-state index contributed by atoms with van der Waals surface area (Å²) in [6.07, 6.45) is 2.69. The smallest absolute Gasteiger partial charge is 0.337 e. The van der Waals surface area contributed by atoms with E-state index >= 15 is 0 Å². The molecular weight excluding hydrogens is 429 g/mol. The molecule has 3 aliphatic heterocycles. The van der Waals surface area contributed by atoms with Crippen molar-refractivity contribution in [3.63, 3.8) is 0 Å². The molecule has 4 rings (SSSR count). The zero-order valence-electron chi connectivity index (χ0n) is 17.3. The van der Waals surface area contributed by atoms with Gasteiger partial charge in [0.25, 0.3) is 0 Å².